The Labute approximate surface area is 192 Å². The molecule has 0 aromatic carbocycles. The molecule has 32 heavy (non-hydrogen) atoms. The molecule has 2 saturated carbocycles. The van der Waals surface area contributed by atoms with Crippen molar-refractivity contribution in [3.63, 3.8) is 0 Å². The monoisotopic (exact) mass is 448 g/mol. The molecule has 0 saturated heterocycles. The minimum absolute atomic E-state index is 0.322. The van der Waals surface area contributed by atoms with Crippen molar-refractivity contribution in [3.8, 4) is 0 Å². The van der Waals surface area contributed by atoms with E-state index in [1.165, 1.54) is 0 Å². The first-order chi connectivity index (χ1) is 14.8. The number of carbonyl (C=O) groups excluding carboxylic acids is 2. The Morgan fingerprint density at radius 3 is 1.91 bits per heavy atom. The minimum Gasteiger partial charge on any atom is -0.456 e. The number of esters is 2. The lowest BCUT2D eigenvalue weighted by molar-refractivity contribution is -0.172. The number of rotatable bonds is 6. The third kappa shape index (κ3) is 7.75. The molecule has 0 heterocycles. The highest BCUT2D eigenvalue weighted by Gasteiger charge is 2.42. The summed E-state index contributed by atoms with van der Waals surface area (Å²) in [5.74, 6) is -0.309. The van der Waals surface area contributed by atoms with E-state index in [0.29, 0.717) is 37.5 Å². The summed E-state index contributed by atoms with van der Waals surface area (Å²) in [4.78, 5) is 22.3. The molecule has 2 fully saturated rings. The van der Waals surface area contributed by atoms with E-state index >= 15 is 0 Å². The molecule has 6 atom stereocenters. The topological polar surface area (TPSA) is 93.1 Å². The summed E-state index contributed by atoms with van der Waals surface area (Å²) >= 11 is 0. The molecule has 6 heteroatoms. The molecule has 0 amide bonds. The van der Waals surface area contributed by atoms with Crippen LogP contribution in [0.15, 0.2) is 49.6 Å². The lowest BCUT2D eigenvalue weighted by atomic mass is 9.75. The van der Waals surface area contributed by atoms with Crippen LogP contribution >= 0.6 is 0 Å². The van der Waals surface area contributed by atoms with Gasteiger partial charge in [-0.2, -0.15) is 0 Å². The van der Waals surface area contributed by atoms with Gasteiger partial charge in [-0.15, -0.1) is 0 Å². The number of ether oxygens (including phenoxy) is 2. The zero-order valence-electron chi connectivity index (χ0n) is 20.1. The Kier molecular flexibility index (Phi) is 10.1. The molecule has 2 rings (SSSR count). The first kappa shape index (κ1) is 27.9. The zero-order valence-corrected chi connectivity index (χ0v) is 20.1. The molecule has 6 nitrogen and oxygen atoms in total. The van der Waals surface area contributed by atoms with Gasteiger partial charge in [0.2, 0.25) is 0 Å². The minimum atomic E-state index is -0.940. The summed E-state index contributed by atoms with van der Waals surface area (Å²) in [5, 5.41) is 20.2. The molecular weight excluding hydrogens is 408 g/mol. The predicted molar refractivity (Wildman–Crippen MR) is 126 cm³/mol. The average molecular weight is 449 g/mol. The van der Waals surface area contributed by atoms with Crippen molar-refractivity contribution < 1.29 is 29.3 Å². The Balaban J connectivity index is 0.000000320. The number of allylic oxidation sites excluding steroid dienone is 2. The first-order valence-corrected chi connectivity index (χ1v) is 11.2. The third-order valence-corrected chi connectivity index (χ3v) is 6.71. The summed E-state index contributed by atoms with van der Waals surface area (Å²) < 4.78 is 10.4. The second-order valence-corrected chi connectivity index (χ2v) is 9.58. The third-order valence-electron chi connectivity index (χ3n) is 6.71. The van der Waals surface area contributed by atoms with Gasteiger partial charge in [0.15, 0.2) is 0 Å². The molecule has 0 aromatic heterocycles. The lowest BCUT2D eigenvalue weighted by Gasteiger charge is -2.41. The van der Waals surface area contributed by atoms with Gasteiger partial charge in [0.05, 0.1) is 11.7 Å². The highest BCUT2D eigenvalue weighted by molar-refractivity contribution is 5.81. The van der Waals surface area contributed by atoms with E-state index in [9.17, 15) is 19.8 Å². The van der Waals surface area contributed by atoms with E-state index < -0.39 is 35.3 Å². The lowest BCUT2D eigenvalue weighted by Crippen LogP contribution is -2.47. The smallest absolute Gasteiger partial charge is 0.330 e. The van der Waals surface area contributed by atoms with E-state index in [1.54, 1.807) is 13.8 Å². The van der Waals surface area contributed by atoms with Crippen molar-refractivity contribution in [2.75, 3.05) is 0 Å². The van der Waals surface area contributed by atoms with Gasteiger partial charge in [-0.05, 0) is 78.1 Å². The van der Waals surface area contributed by atoms with Crippen LogP contribution in [0.3, 0.4) is 0 Å². The van der Waals surface area contributed by atoms with Gasteiger partial charge in [0.25, 0.3) is 0 Å². The van der Waals surface area contributed by atoms with Crippen LogP contribution in [0.2, 0.25) is 0 Å². The Morgan fingerprint density at radius 2 is 1.44 bits per heavy atom. The Bertz CT molecular complexity index is 737. The largest absolute Gasteiger partial charge is 0.456 e. The zero-order chi connectivity index (χ0) is 24.7. The highest BCUT2D eigenvalue weighted by atomic mass is 16.6. The Hall–Kier alpha value is -2.18. The van der Waals surface area contributed by atoms with E-state index in [2.05, 4.69) is 26.3 Å². The standard InChI is InChI=1S/2C13H20O3/c1-5-12(14)16-11-8-10(9(2)3)6-7-13(11,4)15;1-5-12(15)16-13(4)7-6-10(9(2)3)8-11(13)14/h5,10-11,15H,1-2,6-8H2,3-4H3;5,10-11,14H,1-2,6-8H2,3-4H3. The molecule has 0 bridgehead atoms. The number of carbonyl (C=O) groups is 2. The van der Waals surface area contributed by atoms with Gasteiger partial charge in [0, 0.05) is 12.2 Å². The molecule has 2 aliphatic carbocycles. The number of hydrogen-bond donors (Lipinski definition) is 2. The SMILES string of the molecule is C=CC(=O)OC1(C)CCC(C(=C)C)CC1O.C=CC(=O)OC1CC(C(=C)C)CCC1(C)O. The maximum absolute atomic E-state index is 11.2. The second-order valence-electron chi connectivity index (χ2n) is 9.58. The van der Waals surface area contributed by atoms with Crippen molar-refractivity contribution >= 4 is 11.9 Å². The molecule has 0 radical (unpaired) electrons. The number of aliphatic hydroxyl groups is 2. The average Bonchev–Trinajstić information content (AvgIpc) is 2.71. The van der Waals surface area contributed by atoms with Crippen LogP contribution in [-0.4, -0.2) is 45.6 Å². The van der Waals surface area contributed by atoms with Crippen LogP contribution in [0.4, 0.5) is 0 Å². The van der Waals surface area contributed by atoms with Crippen molar-refractivity contribution in [1.82, 2.24) is 0 Å². The molecule has 0 aliphatic heterocycles. The molecule has 180 valence electrons. The van der Waals surface area contributed by atoms with Crippen LogP contribution < -0.4 is 0 Å². The van der Waals surface area contributed by atoms with Gasteiger partial charge < -0.3 is 19.7 Å². The highest BCUT2D eigenvalue weighted by Crippen LogP contribution is 2.38. The van der Waals surface area contributed by atoms with E-state index in [4.69, 9.17) is 9.47 Å². The van der Waals surface area contributed by atoms with Crippen LogP contribution in [-0.2, 0) is 19.1 Å². The van der Waals surface area contributed by atoms with Crippen LogP contribution in [0.1, 0.15) is 66.2 Å². The van der Waals surface area contributed by atoms with Crippen LogP contribution in [0.25, 0.3) is 0 Å². The van der Waals surface area contributed by atoms with Gasteiger partial charge in [-0.25, -0.2) is 9.59 Å². The van der Waals surface area contributed by atoms with E-state index in [-0.39, 0.29) is 0 Å². The normalized spacial score (nSPS) is 34.2. The summed E-state index contributed by atoms with van der Waals surface area (Å²) in [7, 11) is 0. The second kappa shape index (κ2) is 11.6. The molecule has 2 N–H and O–H groups in total. The fourth-order valence-corrected chi connectivity index (χ4v) is 4.17. The summed E-state index contributed by atoms with van der Waals surface area (Å²) in [6.07, 6.45) is 5.48. The van der Waals surface area contributed by atoms with Crippen LogP contribution in [0.5, 0.6) is 0 Å². The van der Waals surface area contributed by atoms with Gasteiger partial charge in [-0.3, -0.25) is 0 Å². The maximum Gasteiger partial charge on any atom is 0.330 e. The van der Waals surface area contributed by atoms with Gasteiger partial charge >= 0.3 is 11.9 Å². The Morgan fingerprint density at radius 1 is 0.938 bits per heavy atom. The quantitative estimate of drug-likeness (QED) is 0.355. The maximum atomic E-state index is 11.2. The van der Waals surface area contributed by atoms with E-state index in [0.717, 1.165) is 36.1 Å². The molecule has 0 spiro atoms. The number of aliphatic hydroxyl groups excluding tert-OH is 1. The van der Waals surface area contributed by atoms with Crippen molar-refractivity contribution in [3.05, 3.63) is 49.6 Å². The van der Waals surface area contributed by atoms with Crippen molar-refractivity contribution in [1.29, 1.82) is 0 Å². The number of hydrogen-bond acceptors (Lipinski definition) is 6. The molecule has 6 unspecified atom stereocenters. The van der Waals surface area contributed by atoms with Gasteiger partial charge in [-0.1, -0.05) is 37.5 Å². The molecule has 2 aliphatic rings. The molecular formula is C26H40O6. The summed E-state index contributed by atoms with van der Waals surface area (Å²) in [6.45, 7) is 22.0. The predicted octanol–water partition coefficient (Wildman–Crippen LogP) is 4.42. The summed E-state index contributed by atoms with van der Waals surface area (Å²) in [5.41, 5.74) is 0.438. The molecule has 0 aromatic rings. The van der Waals surface area contributed by atoms with Crippen molar-refractivity contribution in [2.24, 2.45) is 11.8 Å². The van der Waals surface area contributed by atoms with Crippen LogP contribution in [0, 0.1) is 11.8 Å². The first-order valence-electron chi connectivity index (χ1n) is 11.2. The van der Waals surface area contributed by atoms with Gasteiger partial charge in [0.1, 0.15) is 11.7 Å². The van der Waals surface area contributed by atoms with Crippen molar-refractivity contribution in [2.45, 2.75) is 89.6 Å². The van der Waals surface area contributed by atoms with E-state index in [1.807, 2.05) is 13.8 Å². The summed E-state index contributed by atoms with van der Waals surface area (Å²) in [6, 6.07) is 0. The fraction of sp³-hybridized carbons (Fsp3) is 0.615. The fourth-order valence-electron chi connectivity index (χ4n) is 4.17.